The van der Waals surface area contributed by atoms with E-state index in [1.165, 1.54) is 58.2 Å². The summed E-state index contributed by atoms with van der Waals surface area (Å²) in [4.78, 5) is 2.65. The maximum atomic E-state index is 6.06. The quantitative estimate of drug-likeness (QED) is 0.815. The summed E-state index contributed by atoms with van der Waals surface area (Å²) in [6.45, 7) is 4.76. The number of likely N-dealkylation sites (tertiary alicyclic amines) is 1. The minimum absolute atomic E-state index is 0.472. The Balaban J connectivity index is 1.67. The third-order valence-corrected chi connectivity index (χ3v) is 4.45. The van der Waals surface area contributed by atoms with Crippen LogP contribution in [0.2, 0.25) is 0 Å². The largest absolute Gasteiger partial charge is 0.384 e. The van der Waals surface area contributed by atoms with Crippen LogP contribution in [0.1, 0.15) is 38.5 Å². The molecule has 2 fully saturated rings. The molecule has 1 heterocycles. The van der Waals surface area contributed by atoms with Gasteiger partial charge < -0.3 is 15.4 Å². The first-order valence-electron chi connectivity index (χ1n) is 7.24. The van der Waals surface area contributed by atoms with E-state index < -0.39 is 0 Å². The molecule has 0 aromatic carbocycles. The average molecular weight is 240 g/mol. The first-order valence-corrected chi connectivity index (χ1v) is 7.24. The summed E-state index contributed by atoms with van der Waals surface area (Å²) in [6.07, 6.45) is 7.85. The molecule has 0 aromatic rings. The zero-order valence-electron chi connectivity index (χ0n) is 11.2. The molecule has 0 bridgehead atoms. The van der Waals surface area contributed by atoms with Crippen LogP contribution in [0.3, 0.4) is 0 Å². The number of nitrogens with zero attached hydrogens (tertiary/aromatic N) is 1. The predicted octanol–water partition coefficient (Wildman–Crippen LogP) is 1.86. The van der Waals surface area contributed by atoms with Gasteiger partial charge in [0.1, 0.15) is 0 Å². The topological polar surface area (TPSA) is 38.5 Å². The second-order valence-electron chi connectivity index (χ2n) is 5.99. The lowest BCUT2D eigenvalue weighted by Crippen LogP contribution is -2.40. The number of hydrogen-bond donors (Lipinski definition) is 1. The molecule has 100 valence electrons. The average Bonchev–Trinajstić information content (AvgIpc) is 2.32. The van der Waals surface area contributed by atoms with E-state index in [1.54, 1.807) is 0 Å². The van der Waals surface area contributed by atoms with Gasteiger partial charge in [0, 0.05) is 26.3 Å². The highest BCUT2D eigenvalue weighted by Gasteiger charge is 2.24. The predicted molar refractivity (Wildman–Crippen MR) is 71.0 cm³/mol. The number of piperidine rings is 1. The van der Waals surface area contributed by atoms with Crippen molar-refractivity contribution in [1.82, 2.24) is 4.90 Å². The van der Waals surface area contributed by atoms with Crippen molar-refractivity contribution >= 4 is 0 Å². The molecular formula is C14H28N2O. The second kappa shape index (κ2) is 6.72. The van der Waals surface area contributed by atoms with Gasteiger partial charge in [-0.15, -0.1) is 0 Å². The fourth-order valence-electron chi connectivity index (χ4n) is 3.43. The van der Waals surface area contributed by atoms with E-state index in [9.17, 15) is 0 Å². The lowest BCUT2D eigenvalue weighted by molar-refractivity contribution is 0.0876. The Morgan fingerprint density at radius 1 is 1.12 bits per heavy atom. The van der Waals surface area contributed by atoms with Gasteiger partial charge in [-0.1, -0.05) is 6.42 Å². The molecule has 0 radical (unpaired) electrons. The number of rotatable bonds is 4. The Labute approximate surface area is 106 Å². The zero-order valence-corrected chi connectivity index (χ0v) is 11.2. The van der Waals surface area contributed by atoms with Crippen LogP contribution in [-0.4, -0.2) is 44.3 Å². The molecule has 2 atom stereocenters. The summed E-state index contributed by atoms with van der Waals surface area (Å²) in [7, 11) is 1.82. The number of nitrogens with two attached hydrogens (primary N) is 1. The Kier molecular flexibility index (Phi) is 5.26. The molecule has 17 heavy (non-hydrogen) atoms. The second-order valence-corrected chi connectivity index (χ2v) is 5.99. The monoisotopic (exact) mass is 240 g/mol. The summed E-state index contributed by atoms with van der Waals surface area (Å²) in [6, 6.07) is 0.472. The molecule has 3 heteroatoms. The molecule has 1 aliphatic heterocycles. The molecule has 1 aliphatic carbocycles. The smallest absolute Gasteiger partial charge is 0.0491 e. The highest BCUT2D eigenvalue weighted by molar-refractivity contribution is 4.80. The van der Waals surface area contributed by atoms with Crippen LogP contribution in [-0.2, 0) is 4.74 Å². The van der Waals surface area contributed by atoms with Gasteiger partial charge in [0.2, 0.25) is 0 Å². The van der Waals surface area contributed by atoms with Crippen molar-refractivity contribution in [2.24, 2.45) is 17.6 Å². The minimum atomic E-state index is 0.472. The van der Waals surface area contributed by atoms with Gasteiger partial charge in [0.15, 0.2) is 0 Å². The van der Waals surface area contributed by atoms with Gasteiger partial charge >= 0.3 is 0 Å². The molecular weight excluding hydrogens is 212 g/mol. The minimum Gasteiger partial charge on any atom is -0.384 e. The van der Waals surface area contributed by atoms with Crippen molar-refractivity contribution in [3.05, 3.63) is 0 Å². The highest BCUT2D eigenvalue weighted by Crippen LogP contribution is 2.26. The van der Waals surface area contributed by atoms with E-state index in [1.807, 2.05) is 7.11 Å². The normalized spacial score (nSPS) is 32.8. The molecule has 3 nitrogen and oxygen atoms in total. The highest BCUT2D eigenvalue weighted by atomic mass is 16.5. The van der Waals surface area contributed by atoms with Crippen LogP contribution < -0.4 is 5.73 Å². The fourth-order valence-corrected chi connectivity index (χ4v) is 3.43. The van der Waals surface area contributed by atoms with E-state index >= 15 is 0 Å². The van der Waals surface area contributed by atoms with Crippen molar-refractivity contribution < 1.29 is 4.74 Å². The van der Waals surface area contributed by atoms with Crippen molar-refractivity contribution in [3.63, 3.8) is 0 Å². The molecule has 0 aromatic heterocycles. The molecule has 2 unspecified atom stereocenters. The van der Waals surface area contributed by atoms with Crippen LogP contribution in [0.5, 0.6) is 0 Å². The van der Waals surface area contributed by atoms with Crippen LogP contribution in [0.25, 0.3) is 0 Å². The van der Waals surface area contributed by atoms with Gasteiger partial charge in [0.25, 0.3) is 0 Å². The van der Waals surface area contributed by atoms with Crippen molar-refractivity contribution in [3.8, 4) is 0 Å². The lowest BCUT2D eigenvalue weighted by Gasteiger charge is -2.36. The molecule has 1 saturated carbocycles. The van der Waals surface area contributed by atoms with E-state index in [-0.39, 0.29) is 0 Å². The first-order chi connectivity index (χ1) is 8.28. The molecule has 0 amide bonds. The lowest BCUT2D eigenvalue weighted by atomic mass is 9.85. The first kappa shape index (κ1) is 13.3. The Hall–Kier alpha value is -0.120. The standard InChI is InChI=1S/C14H28N2O/c1-17-11-12-5-7-16(8-6-12)10-13-3-2-4-14(15)9-13/h12-14H,2-11,15H2,1H3. The van der Waals surface area contributed by atoms with Crippen molar-refractivity contribution in [1.29, 1.82) is 0 Å². The molecule has 0 spiro atoms. The van der Waals surface area contributed by atoms with Crippen molar-refractivity contribution in [2.45, 2.75) is 44.6 Å². The summed E-state index contributed by atoms with van der Waals surface area (Å²) in [5.74, 6) is 1.66. The zero-order chi connectivity index (χ0) is 12.1. The van der Waals surface area contributed by atoms with Gasteiger partial charge in [-0.25, -0.2) is 0 Å². The van der Waals surface area contributed by atoms with Crippen LogP contribution in [0.4, 0.5) is 0 Å². The van der Waals surface area contributed by atoms with Gasteiger partial charge in [-0.2, -0.15) is 0 Å². The maximum absolute atomic E-state index is 6.06. The molecule has 2 N–H and O–H groups in total. The van der Waals surface area contributed by atoms with E-state index in [2.05, 4.69) is 4.90 Å². The van der Waals surface area contributed by atoms with Gasteiger partial charge in [-0.3, -0.25) is 0 Å². The third kappa shape index (κ3) is 4.23. The van der Waals surface area contributed by atoms with Crippen molar-refractivity contribution in [2.75, 3.05) is 33.4 Å². The number of ether oxygens (including phenoxy) is 1. The van der Waals surface area contributed by atoms with E-state index in [0.29, 0.717) is 6.04 Å². The summed E-state index contributed by atoms with van der Waals surface area (Å²) < 4.78 is 5.25. The van der Waals surface area contributed by atoms with Gasteiger partial charge in [0.05, 0.1) is 0 Å². The Morgan fingerprint density at radius 2 is 1.88 bits per heavy atom. The fraction of sp³-hybridized carbons (Fsp3) is 1.00. The molecule has 2 aliphatic rings. The number of hydrogen-bond acceptors (Lipinski definition) is 3. The summed E-state index contributed by atoms with van der Waals surface area (Å²) in [5.41, 5.74) is 6.06. The van der Waals surface area contributed by atoms with E-state index in [0.717, 1.165) is 18.4 Å². The Bertz CT molecular complexity index is 214. The van der Waals surface area contributed by atoms with Crippen LogP contribution in [0, 0.1) is 11.8 Å². The summed E-state index contributed by atoms with van der Waals surface area (Å²) >= 11 is 0. The van der Waals surface area contributed by atoms with Crippen LogP contribution in [0.15, 0.2) is 0 Å². The maximum Gasteiger partial charge on any atom is 0.0491 e. The third-order valence-electron chi connectivity index (χ3n) is 4.45. The summed E-state index contributed by atoms with van der Waals surface area (Å²) in [5, 5.41) is 0. The molecule has 2 rings (SSSR count). The SMILES string of the molecule is COCC1CCN(CC2CCCC(N)C2)CC1. The molecule has 1 saturated heterocycles. The van der Waals surface area contributed by atoms with Crippen LogP contribution >= 0.6 is 0 Å². The van der Waals surface area contributed by atoms with Gasteiger partial charge in [-0.05, 0) is 57.0 Å². The van der Waals surface area contributed by atoms with E-state index in [4.69, 9.17) is 10.5 Å². The number of methoxy groups -OCH3 is 1. The Morgan fingerprint density at radius 3 is 2.53 bits per heavy atom.